The molecule has 0 radical (unpaired) electrons. The number of nitrogens with one attached hydrogen (secondary N) is 1. The van der Waals surface area contributed by atoms with Gasteiger partial charge in [-0.05, 0) is 37.0 Å². The summed E-state index contributed by atoms with van der Waals surface area (Å²) in [6, 6.07) is 5.54. The Bertz CT molecular complexity index is 665. The lowest BCUT2D eigenvalue weighted by Gasteiger charge is -2.29. The third-order valence-electron chi connectivity index (χ3n) is 5.80. The van der Waals surface area contributed by atoms with Crippen LogP contribution in [-0.4, -0.2) is 45.3 Å². The van der Waals surface area contributed by atoms with Gasteiger partial charge in [-0.15, -0.1) is 0 Å². The molecule has 1 N–H and O–H groups in total. The zero-order valence-electron chi connectivity index (χ0n) is 16.9. The molecule has 1 aromatic carbocycles. The highest BCUT2D eigenvalue weighted by molar-refractivity contribution is 6.02. The third kappa shape index (κ3) is 5.71. The summed E-state index contributed by atoms with van der Waals surface area (Å²) in [5.41, 5.74) is 1.86. The maximum atomic E-state index is 12.4. The van der Waals surface area contributed by atoms with Gasteiger partial charge >= 0.3 is 5.97 Å². The molecule has 0 spiro atoms. The SMILES string of the molecule is COC(=O)c1cc(N2CCOCC2)ccc1NC(=O)CCCC1CCCCC1. The van der Waals surface area contributed by atoms with E-state index in [1.165, 1.54) is 39.2 Å². The maximum absolute atomic E-state index is 12.4. The fourth-order valence-corrected chi connectivity index (χ4v) is 4.18. The van der Waals surface area contributed by atoms with Crippen LogP contribution in [0.1, 0.15) is 61.7 Å². The van der Waals surface area contributed by atoms with Gasteiger partial charge in [0.2, 0.25) is 5.91 Å². The molecule has 6 nitrogen and oxygen atoms in total. The number of anilines is 2. The molecule has 1 aromatic rings. The number of carbonyl (C=O) groups is 2. The number of methoxy groups -OCH3 is 1. The van der Waals surface area contributed by atoms with Crippen LogP contribution in [0.4, 0.5) is 11.4 Å². The van der Waals surface area contributed by atoms with Crippen molar-refractivity contribution in [2.24, 2.45) is 5.92 Å². The van der Waals surface area contributed by atoms with Crippen molar-refractivity contribution in [1.29, 1.82) is 0 Å². The number of amides is 1. The highest BCUT2D eigenvalue weighted by atomic mass is 16.5. The van der Waals surface area contributed by atoms with Gasteiger partial charge in [0.1, 0.15) is 0 Å². The minimum atomic E-state index is -0.437. The monoisotopic (exact) mass is 388 g/mol. The van der Waals surface area contributed by atoms with Gasteiger partial charge in [-0.3, -0.25) is 4.79 Å². The molecule has 1 saturated heterocycles. The lowest BCUT2D eigenvalue weighted by Crippen LogP contribution is -2.36. The Labute approximate surface area is 167 Å². The van der Waals surface area contributed by atoms with Gasteiger partial charge < -0.3 is 19.7 Å². The minimum absolute atomic E-state index is 0.0416. The van der Waals surface area contributed by atoms with Gasteiger partial charge in [0.05, 0.1) is 31.6 Å². The van der Waals surface area contributed by atoms with Crippen molar-refractivity contribution in [3.63, 3.8) is 0 Å². The van der Waals surface area contributed by atoms with E-state index in [0.29, 0.717) is 30.9 Å². The van der Waals surface area contributed by atoms with Gasteiger partial charge in [-0.2, -0.15) is 0 Å². The molecule has 1 heterocycles. The van der Waals surface area contributed by atoms with Crippen molar-refractivity contribution in [1.82, 2.24) is 0 Å². The van der Waals surface area contributed by atoms with Crippen LogP contribution >= 0.6 is 0 Å². The Morgan fingerprint density at radius 1 is 1.18 bits per heavy atom. The Hall–Kier alpha value is -2.08. The van der Waals surface area contributed by atoms with E-state index in [4.69, 9.17) is 9.47 Å². The van der Waals surface area contributed by atoms with E-state index in [1.54, 1.807) is 12.1 Å². The first kappa shape index (κ1) is 20.6. The van der Waals surface area contributed by atoms with Crippen molar-refractivity contribution < 1.29 is 19.1 Å². The van der Waals surface area contributed by atoms with Crippen LogP contribution in [0.25, 0.3) is 0 Å². The number of ether oxygens (including phenoxy) is 2. The van der Waals surface area contributed by atoms with Crippen LogP contribution < -0.4 is 10.2 Å². The summed E-state index contributed by atoms with van der Waals surface area (Å²) in [5, 5.41) is 2.91. The molecule has 6 heteroatoms. The van der Waals surface area contributed by atoms with E-state index in [2.05, 4.69) is 10.2 Å². The summed E-state index contributed by atoms with van der Waals surface area (Å²) in [6.45, 7) is 2.92. The smallest absolute Gasteiger partial charge is 0.340 e. The van der Waals surface area contributed by atoms with Crippen molar-refractivity contribution in [3.05, 3.63) is 23.8 Å². The largest absolute Gasteiger partial charge is 0.465 e. The predicted molar refractivity (Wildman–Crippen MR) is 110 cm³/mol. The number of esters is 1. The lowest BCUT2D eigenvalue weighted by molar-refractivity contribution is -0.116. The highest BCUT2D eigenvalue weighted by Crippen LogP contribution is 2.28. The summed E-state index contributed by atoms with van der Waals surface area (Å²) in [6.07, 6.45) is 9.12. The van der Waals surface area contributed by atoms with E-state index in [1.807, 2.05) is 6.07 Å². The van der Waals surface area contributed by atoms with Crippen LogP contribution in [0.15, 0.2) is 18.2 Å². The normalized spacial score (nSPS) is 18.0. The third-order valence-corrected chi connectivity index (χ3v) is 5.80. The quantitative estimate of drug-likeness (QED) is 0.715. The number of hydrogen-bond acceptors (Lipinski definition) is 5. The Kier molecular flexibility index (Phi) is 7.71. The van der Waals surface area contributed by atoms with Gasteiger partial charge in [-0.1, -0.05) is 32.1 Å². The molecule has 154 valence electrons. The number of morpholine rings is 1. The van der Waals surface area contributed by atoms with Gasteiger partial charge in [0.15, 0.2) is 0 Å². The average molecular weight is 389 g/mol. The predicted octanol–water partition coefficient (Wildman–Crippen LogP) is 4.00. The summed E-state index contributed by atoms with van der Waals surface area (Å²) in [4.78, 5) is 26.8. The fraction of sp³-hybridized carbons (Fsp3) is 0.636. The highest BCUT2D eigenvalue weighted by Gasteiger charge is 2.19. The number of nitrogens with zero attached hydrogens (tertiary/aromatic N) is 1. The summed E-state index contributed by atoms with van der Waals surface area (Å²) >= 11 is 0. The molecule has 1 amide bonds. The van der Waals surface area contributed by atoms with Crippen molar-refractivity contribution >= 4 is 23.3 Å². The molecule has 3 rings (SSSR count). The summed E-state index contributed by atoms with van der Waals surface area (Å²) < 4.78 is 10.3. The first-order chi connectivity index (χ1) is 13.7. The minimum Gasteiger partial charge on any atom is -0.465 e. The molecule has 0 atom stereocenters. The number of rotatable bonds is 7. The standard InChI is InChI=1S/C22H32N2O4/c1-27-22(26)19-16-18(24-12-14-28-15-13-24)10-11-20(19)23-21(25)9-5-8-17-6-3-2-4-7-17/h10-11,16-17H,2-9,12-15H2,1H3,(H,23,25). The Morgan fingerprint density at radius 2 is 1.93 bits per heavy atom. The summed E-state index contributed by atoms with van der Waals surface area (Å²) in [7, 11) is 1.36. The first-order valence-electron chi connectivity index (χ1n) is 10.5. The zero-order valence-corrected chi connectivity index (χ0v) is 16.9. The van der Waals surface area contributed by atoms with Crippen molar-refractivity contribution in [2.45, 2.75) is 51.4 Å². The zero-order chi connectivity index (χ0) is 19.8. The summed E-state index contributed by atoms with van der Waals surface area (Å²) in [5.74, 6) is 0.299. The van der Waals surface area contributed by atoms with Gasteiger partial charge in [0, 0.05) is 25.2 Å². The topological polar surface area (TPSA) is 67.9 Å². The fourth-order valence-electron chi connectivity index (χ4n) is 4.18. The second-order valence-corrected chi connectivity index (χ2v) is 7.77. The molecule has 0 bridgehead atoms. The van der Waals surface area contributed by atoms with E-state index in [9.17, 15) is 9.59 Å². The number of hydrogen-bond donors (Lipinski definition) is 1. The van der Waals surface area contributed by atoms with Gasteiger partial charge in [0.25, 0.3) is 0 Å². The second kappa shape index (κ2) is 10.5. The van der Waals surface area contributed by atoms with Crippen LogP contribution in [0.3, 0.4) is 0 Å². The molecular formula is C22H32N2O4. The first-order valence-corrected chi connectivity index (χ1v) is 10.5. The van der Waals surface area contributed by atoms with Crippen LogP contribution in [-0.2, 0) is 14.3 Å². The van der Waals surface area contributed by atoms with Crippen molar-refractivity contribution in [3.8, 4) is 0 Å². The van der Waals surface area contributed by atoms with Gasteiger partial charge in [-0.25, -0.2) is 4.79 Å². The molecule has 2 aliphatic rings. The number of benzene rings is 1. The maximum Gasteiger partial charge on any atom is 0.340 e. The lowest BCUT2D eigenvalue weighted by atomic mass is 9.86. The van der Waals surface area contributed by atoms with E-state index in [0.717, 1.165) is 37.5 Å². The molecule has 0 aromatic heterocycles. The van der Waals surface area contributed by atoms with Crippen LogP contribution in [0, 0.1) is 5.92 Å². The molecule has 1 aliphatic heterocycles. The van der Waals surface area contributed by atoms with Crippen LogP contribution in [0.2, 0.25) is 0 Å². The van der Waals surface area contributed by atoms with E-state index < -0.39 is 5.97 Å². The Balaban J connectivity index is 1.59. The van der Waals surface area contributed by atoms with Crippen LogP contribution in [0.5, 0.6) is 0 Å². The van der Waals surface area contributed by atoms with E-state index >= 15 is 0 Å². The average Bonchev–Trinajstić information content (AvgIpc) is 2.75. The molecule has 1 aliphatic carbocycles. The molecule has 0 unspecified atom stereocenters. The molecule has 1 saturated carbocycles. The number of carbonyl (C=O) groups excluding carboxylic acids is 2. The van der Waals surface area contributed by atoms with E-state index in [-0.39, 0.29) is 5.91 Å². The molecule has 28 heavy (non-hydrogen) atoms. The molecule has 2 fully saturated rings. The molecular weight excluding hydrogens is 356 g/mol. The second-order valence-electron chi connectivity index (χ2n) is 7.77. The van der Waals surface area contributed by atoms with Crippen molar-refractivity contribution in [2.75, 3.05) is 43.6 Å². The Morgan fingerprint density at radius 3 is 2.64 bits per heavy atom.